The Morgan fingerprint density at radius 3 is 2.59 bits per heavy atom. The molecule has 0 aliphatic carbocycles. The third-order valence-electron chi connectivity index (χ3n) is 1.78. The van der Waals surface area contributed by atoms with Crippen LogP contribution in [0.25, 0.3) is 0 Å². The fourth-order valence-corrected chi connectivity index (χ4v) is 1.75. The highest BCUT2D eigenvalue weighted by molar-refractivity contribution is 7.81. The van der Waals surface area contributed by atoms with Crippen molar-refractivity contribution in [3.05, 3.63) is 30.1 Å². The van der Waals surface area contributed by atoms with Crippen LogP contribution in [0.5, 0.6) is 0 Å². The summed E-state index contributed by atoms with van der Waals surface area (Å²) in [5.41, 5.74) is -0.0352. The molecule has 0 bridgehead atoms. The highest BCUT2D eigenvalue weighted by Gasteiger charge is 2.27. The number of ether oxygens (including phenoxy) is 1. The molecule has 92 valence electrons. The number of nitrogens with zero attached hydrogens (tertiary/aromatic N) is 1. The molecule has 0 saturated heterocycles. The molecule has 0 N–H and O–H groups in total. The van der Waals surface area contributed by atoms with Crippen molar-refractivity contribution in [1.29, 1.82) is 0 Å². The second-order valence-electron chi connectivity index (χ2n) is 4.48. The number of carbonyl (C=O) groups excluding carboxylic acids is 1. The Kier molecular flexibility index (Phi) is 4.60. The summed E-state index contributed by atoms with van der Waals surface area (Å²) in [6, 6.07) is 5.19. The van der Waals surface area contributed by atoms with Crippen LogP contribution >= 0.6 is 23.8 Å². The van der Waals surface area contributed by atoms with E-state index in [1.807, 2.05) is 20.8 Å². The Morgan fingerprint density at radius 1 is 1.47 bits per heavy atom. The predicted molar refractivity (Wildman–Crippen MR) is 71.3 cm³/mol. The zero-order valence-corrected chi connectivity index (χ0v) is 11.5. The fraction of sp³-hybridized carbons (Fsp3) is 0.417. The zero-order valence-electron chi connectivity index (χ0n) is 9.94. The lowest BCUT2D eigenvalue weighted by atomic mass is 10.1. The Labute approximate surface area is 111 Å². The Bertz CT molecular complexity index is 414. The largest absolute Gasteiger partial charge is 0.475 e. The summed E-state index contributed by atoms with van der Waals surface area (Å²) in [7, 11) is 0. The van der Waals surface area contributed by atoms with E-state index < -0.39 is 16.8 Å². The first-order chi connectivity index (χ1) is 7.81. The number of aromatic nitrogens is 1. The van der Waals surface area contributed by atoms with Gasteiger partial charge < -0.3 is 4.74 Å². The molecule has 0 spiro atoms. The van der Waals surface area contributed by atoms with Gasteiger partial charge in [-0.15, -0.1) is 11.6 Å². The van der Waals surface area contributed by atoms with Gasteiger partial charge in [-0.3, -0.25) is 9.78 Å². The standard InChI is InChI=1S/C12H14ClNO2S/c1-12(2,3)16-11(17)10(15)9(13)8-6-4-5-7-14-8/h4-7,9H,1-3H3. The fourth-order valence-electron chi connectivity index (χ4n) is 1.09. The molecule has 0 aromatic carbocycles. The maximum absolute atomic E-state index is 11.9. The van der Waals surface area contributed by atoms with Crippen LogP contribution in [-0.2, 0) is 9.53 Å². The molecule has 0 fully saturated rings. The van der Waals surface area contributed by atoms with Crippen molar-refractivity contribution in [3.63, 3.8) is 0 Å². The number of hydrogen-bond donors (Lipinski definition) is 0. The van der Waals surface area contributed by atoms with Gasteiger partial charge in [0.1, 0.15) is 11.0 Å². The molecular weight excluding hydrogens is 258 g/mol. The second-order valence-corrected chi connectivity index (χ2v) is 5.29. The number of thiocarbonyl (C=S) groups is 1. The number of rotatable bonds is 3. The summed E-state index contributed by atoms with van der Waals surface area (Å²) in [5, 5.41) is -1.01. The third kappa shape index (κ3) is 4.40. The van der Waals surface area contributed by atoms with E-state index >= 15 is 0 Å². The molecule has 5 heteroatoms. The summed E-state index contributed by atoms with van der Waals surface area (Å²) in [6.45, 7) is 5.45. The maximum atomic E-state index is 11.9. The molecule has 0 saturated carbocycles. The van der Waals surface area contributed by atoms with E-state index in [4.69, 9.17) is 28.6 Å². The van der Waals surface area contributed by atoms with Gasteiger partial charge in [-0.25, -0.2) is 0 Å². The maximum Gasteiger partial charge on any atom is 0.232 e. The number of halogens is 1. The first-order valence-corrected chi connectivity index (χ1v) is 5.98. The van der Waals surface area contributed by atoms with Crippen molar-refractivity contribution < 1.29 is 9.53 Å². The first kappa shape index (κ1) is 14.1. The van der Waals surface area contributed by atoms with Gasteiger partial charge in [-0.2, -0.15) is 0 Å². The molecule has 0 aliphatic rings. The molecule has 0 amide bonds. The van der Waals surface area contributed by atoms with E-state index in [0.29, 0.717) is 5.69 Å². The number of pyridine rings is 1. The van der Waals surface area contributed by atoms with Crippen LogP contribution in [0.3, 0.4) is 0 Å². The molecule has 3 nitrogen and oxygen atoms in total. The van der Waals surface area contributed by atoms with Crippen LogP contribution in [0, 0.1) is 0 Å². The molecular formula is C12H14ClNO2S. The van der Waals surface area contributed by atoms with Crippen LogP contribution in [-0.4, -0.2) is 21.4 Å². The first-order valence-electron chi connectivity index (χ1n) is 5.13. The summed E-state index contributed by atoms with van der Waals surface area (Å²) in [6.07, 6.45) is 1.58. The molecule has 1 aromatic rings. The van der Waals surface area contributed by atoms with Crippen molar-refractivity contribution in [2.45, 2.75) is 31.7 Å². The number of alkyl halides is 1. The SMILES string of the molecule is CC(C)(C)OC(=S)C(=O)C(Cl)c1ccccn1. The minimum Gasteiger partial charge on any atom is -0.475 e. The number of Topliss-reactive ketones (excluding diaryl/α,β-unsaturated/α-hetero) is 1. The van der Waals surface area contributed by atoms with Gasteiger partial charge in [-0.05, 0) is 45.1 Å². The number of carbonyl (C=O) groups is 1. The highest BCUT2D eigenvalue weighted by Crippen LogP contribution is 2.21. The summed E-state index contributed by atoms with van der Waals surface area (Å²) < 4.78 is 5.31. The molecule has 1 aromatic heterocycles. The van der Waals surface area contributed by atoms with Gasteiger partial charge >= 0.3 is 0 Å². The monoisotopic (exact) mass is 271 g/mol. The van der Waals surface area contributed by atoms with Crippen LogP contribution in [0.1, 0.15) is 31.8 Å². The molecule has 1 rings (SSSR count). The van der Waals surface area contributed by atoms with Crippen molar-refractivity contribution in [2.24, 2.45) is 0 Å². The van der Waals surface area contributed by atoms with E-state index in [0.717, 1.165) is 0 Å². The van der Waals surface area contributed by atoms with Crippen LogP contribution in [0.2, 0.25) is 0 Å². The molecule has 0 radical (unpaired) electrons. The highest BCUT2D eigenvalue weighted by atomic mass is 35.5. The molecule has 1 atom stereocenters. The summed E-state index contributed by atoms with van der Waals surface area (Å²) >= 11 is 10.9. The summed E-state index contributed by atoms with van der Waals surface area (Å²) in [5.74, 6) is -0.435. The van der Waals surface area contributed by atoms with Crippen LogP contribution in [0.15, 0.2) is 24.4 Å². The second kappa shape index (κ2) is 5.56. The summed E-state index contributed by atoms with van der Waals surface area (Å²) in [4.78, 5) is 15.9. The molecule has 0 aliphatic heterocycles. The number of hydrogen-bond acceptors (Lipinski definition) is 4. The average molecular weight is 272 g/mol. The van der Waals surface area contributed by atoms with E-state index in [1.54, 1.807) is 24.4 Å². The van der Waals surface area contributed by atoms with Gasteiger partial charge in [0.25, 0.3) is 0 Å². The lowest BCUT2D eigenvalue weighted by molar-refractivity contribution is -0.114. The van der Waals surface area contributed by atoms with Gasteiger partial charge in [0.05, 0.1) is 5.69 Å². The van der Waals surface area contributed by atoms with E-state index in [9.17, 15) is 4.79 Å². The van der Waals surface area contributed by atoms with Gasteiger partial charge in [-0.1, -0.05) is 6.07 Å². The molecule has 1 unspecified atom stereocenters. The Hall–Kier alpha value is -1.00. The van der Waals surface area contributed by atoms with Gasteiger partial charge in [0, 0.05) is 6.20 Å². The Morgan fingerprint density at radius 2 is 2.12 bits per heavy atom. The van der Waals surface area contributed by atoms with E-state index in [-0.39, 0.29) is 5.05 Å². The minimum absolute atomic E-state index is 0.108. The lowest BCUT2D eigenvalue weighted by Crippen LogP contribution is -2.29. The van der Waals surface area contributed by atoms with Crippen LogP contribution in [0.4, 0.5) is 0 Å². The van der Waals surface area contributed by atoms with Gasteiger partial charge in [0.2, 0.25) is 10.8 Å². The Balaban J connectivity index is 2.74. The molecule has 1 heterocycles. The minimum atomic E-state index is -0.897. The van der Waals surface area contributed by atoms with Crippen molar-refractivity contribution in [2.75, 3.05) is 0 Å². The van der Waals surface area contributed by atoms with Gasteiger partial charge in [0.15, 0.2) is 0 Å². The number of ketones is 1. The van der Waals surface area contributed by atoms with E-state index in [2.05, 4.69) is 4.98 Å². The smallest absolute Gasteiger partial charge is 0.232 e. The quantitative estimate of drug-likeness (QED) is 0.626. The predicted octanol–water partition coefficient (Wildman–Crippen LogP) is 3.07. The van der Waals surface area contributed by atoms with Crippen molar-refractivity contribution in [1.82, 2.24) is 4.98 Å². The lowest BCUT2D eigenvalue weighted by Gasteiger charge is -2.21. The van der Waals surface area contributed by atoms with Crippen molar-refractivity contribution in [3.8, 4) is 0 Å². The topological polar surface area (TPSA) is 39.2 Å². The van der Waals surface area contributed by atoms with Crippen LogP contribution < -0.4 is 0 Å². The normalized spacial score (nSPS) is 12.9. The van der Waals surface area contributed by atoms with Crippen molar-refractivity contribution >= 4 is 34.7 Å². The molecule has 17 heavy (non-hydrogen) atoms. The zero-order chi connectivity index (χ0) is 13.1. The van der Waals surface area contributed by atoms with E-state index in [1.165, 1.54) is 0 Å². The third-order valence-corrected chi connectivity index (χ3v) is 2.48. The average Bonchev–Trinajstić information content (AvgIpc) is 2.26.